The topological polar surface area (TPSA) is 111 Å². The Morgan fingerprint density at radius 3 is 2.46 bits per heavy atom. The molecule has 0 bridgehead atoms. The molecule has 2 aromatic rings. The maximum atomic E-state index is 12.4. The van der Waals surface area contributed by atoms with Crippen LogP contribution < -0.4 is 26.6 Å². The van der Waals surface area contributed by atoms with E-state index in [4.69, 9.17) is 4.74 Å². The van der Waals surface area contributed by atoms with Crippen molar-refractivity contribution in [1.29, 1.82) is 0 Å². The predicted molar refractivity (Wildman–Crippen MR) is 103 cm³/mol. The van der Waals surface area contributed by atoms with Crippen molar-refractivity contribution in [2.24, 2.45) is 14.1 Å². The number of hydrogen-bond donors (Lipinski definition) is 2. The van der Waals surface area contributed by atoms with Gasteiger partial charge >= 0.3 is 5.69 Å². The van der Waals surface area contributed by atoms with Crippen LogP contribution in [0.2, 0.25) is 0 Å². The number of fused-ring (bicyclic) bond motifs is 1. The molecular formula is C19H22N4O5. The van der Waals surface area contributed by atoms with Crippen LogP contribution in [0, 0.1) is 0 Å². The van der Waals surface area contributed by atoms with Crippen LogP contribution in [0.15, 0.2) is 33.9 Å². The third-order valence-corrected chi connectivity index (χ3v) is 4.89. The van der Waals surface area contributed by atoms with Crippen molar-refractivity contribution < 1.29 is 14.3 Å². The van der Waals surface area contributed by atoms with Crippen LogP contribution in [0.1, 0.15) is 23.5 Å². The number of carbonyl (C=O) groups excluding carboxylic acids is 2. The second-order valence-electron chi connectivity index (χ2n) is 6.66. The minimum absolute atomic E-state index is 0.153. The van der Waals surface area contributed by atoms with Crippen molar-refractivity contribution in [2.75, 3.05) is 19.0 Å². The summed E-state index contributed by atoms with van der Waals surface area (Å²) in [7, 11) is 4.41. The van der Waals surface area contributed by atoms with Crippen molar-refractivity contribution >= 4 is 17.6 Å². The average molecular weight is 386 g/mol. The molecule has 0 aliphatic carbocycles. The summed E-state index contributed by atoms with van der Waals surface area (Å²) in [4.78, 5) is 49.0. The van der Waals surface area contributed by atoms with Gasteiger partial charge in [0.2, 0.25) is 11.8 Å². The van der Waals surface area contributed by atoms with Crippen molar-refractivity contribution in [2.45, 2.75) is 18.8 Å². The maximum Gasteiger partial charge on any atom is 0.332 e. The maximum absolute atomic E-state index is 12.4. The Morgan fingerprint density at radius 1 is 1.14 bits per heavy atom. The molecule has 2 N–H and O–H groups in total. The number of aromatic nitrogens is 2. The van der Waals surface area contributed by atoms with Gasteiger partial charge in [-0.2, -0.15) is 0 Å². The molecule has 1 aliphatic heterocycles. The van der Waals surface area contributed by atoms with E-state index in [1.54, 1.807) is 7.11 Å². The molecule has 1 atom stereocenters. The zero-order valence-electron chi connectivity index (χ0n) is 15.9. The number of benzene rings is 1. The zero-order valence-corrected chi connectivity index (χ0v) is 15.9. The summed E-state index contributed by atoms with van der Waals surface area (Å²) in [6, 6.07) is 7.51. The molecule has 1 aromatic carbocycles. The Kier molecular flexibility index (Phi) is 5.34. The van der Waals surface area contributed by atoms with Gasteiger partial charge in [-0.3, -0.25) is 23.5 Å². The predicted octanol–water partition coefficient (Wildman–Crippen LogP) is -0.123. The van der Waals surface area contributed by atoms with Crippen molar-refractivity contribution in [3.8, 4) is 5.75 Å². The molecule has 2 amide bonds. The Bertz CT molecular complexity index is 1040. The van der Waals surface area contributed by atoms with Crippen LogP contribution in [0.25, 0.3) is 0 Å². The largest absolute Gasteiger partial charge is 0.497 e. The molecule has 148 valence electrons. The summed E-state index contributed by atoms with van der Waals surface area (Å²) in [5, 5.41) is 5.31. The highest BCUT2D eigenvalue weighted by Gasteiger charge is 2.37. The number of methoxy groups -OCH3 is 1. The van der Waals surface area contributed by atoms with Gasteiger partial charge in [0.1, 0.15) is 11.6 Å². The summed E-state index contributed by atoms with van der Waals surface area (Å²) in [6.45, 7) is 0.400. The fourth-order valence-electron chi connectivity index (χ4n) is 3.26. The quantitative estimate of drug-likeness (QED) is 0.719. The van der Waals surface area contributed by atoms with Crippen LogP contribution in [0.5, 0.6) is 5.75 Å². The first-order chi connectivity index (χ1) is 13.3. The minimum atomic E-state index is -0.915. The molecule has 0 unspecified atom stereocenters. The highest BCUT2D eigenvalue weighted by molar-refractivity contribution is 6.03. The Labute approximate surface area is 160 Å². The number of nitrogens with zero attached hydrogens (tertiary/aromatic N) is 2. The lowest BCUT2D eigenvalue weighted by atomic mass is 9.99. The molecular weight excluding hydrogens is 364 g/mol. The van der Waals surface area contributed by atoms with Crippen LogP contribution in [-0.2, 0) is 30.1 Å². The number of anilines is 1. The lowest BCUT2D eigenvalue weighted by molar-refractivity contribution is -0.125. The summed E-state index contributed by atoms with van der Waals surface area (Å²) < 4.78 is 7.25. The number of ether oxygens (including phenoxy) is 1. The third kappa shape index (κ3) is 3.55. The molecule has 28 heavy (non-hydrogen) atoms. The molecule has 0 saturated heterocycles. The normalized spacial score (nSPS) is 15.1. The smallest absolute Gasteiger partial charge is 0.332 e. The lowest BCUT2D eigenvalue weighted by Gasteiger charge is -2.11. The molecule has 1 aliphatic rings. The van der Waals surface area contributed by atoms with Gasteiger partial charge in [0, 0.05) is 27.1 Å². The van der Waals surface area contributed by atoms with Gasteiger partial charge in [-0.15, -0.1) is 0 Å². The van der Waals surface area contributed by atoms with E-state index in [1.807, 2.05) is 24.3 Å². The van der Waals surface area contributed by atoms with Gasteiger partial charge in [0.05, 0.1) is 18.6 Å². The zero-order chi connectivity index (χ0) is 20.4. The minimum Gasteiger partial charge on any atom is -0.497 e. The number of carbonyl (C=O) groups is 2. The molecule has 0 saturated carbocycles. The summed E-state index contributed by atoms with van der Waals surface area (Å²) in [6.07, 6.45) is 0.467. The molecule has 9 nitrogen and oxygen atoms in total. The van der Waals surface area contributed by atoms with Gasteiger partial charge < -0.3 is 15.4 Å². The van der Waals surface area contributed by atoms with Gasteiger partial charge in [-0.25, -0.2) is 4.79 Å². The van der Waals surface area contributed by atoms with Crippen LogP contribution in [0.4, 0.5) is 5.82 Å². The Hall–Kier alpha value is -3.36. The van der Waals surface area contributed by atoms with Crippen LogP contribution in [-0.4, -0.2) is 34.6 Å². The van der Waals surface area contributed by atoms with E-state index in [9.17, 15) is 19.2 Å². The van der Waals surface area contributed by atoms with Gasteiger partial charge in [-0.1, -0.05) is 12.1 Å². The van der Waals surface area contributed by atoms with E-state index in [-0.39, 0.29) is 23.7 Å². The van der Waals surface area contributed by atoms with E-state index in [0.717, 1.165) is 15.9 Å². The fourth-order valence-corrected chi connectivity index (χ4v) is 3.26. The third-order valence-electron chi connectivity index (χ3n) is 4.89. The van der Waals surface area contributed by atoms with E-state index in [0.29, 0.717) is 13.0 Å². The molecule has 2 heterocycles. The number of nitrogens with one attached hydrogen (secondary N) is 2. The van der Waals surface area contributed by atoms with Gasteiger partial charge in [0.25, 0.3) is 5.56 Å². The first kappa shape index (κ1) is 19.4. The standard InChI is InChI=1S/C19H22N4O5/c1-22-16-15(18(26)23(2)19(22)27)13(17(25)21-16)10-14(24)20-9-8-11-4-6-12(28-3)7-5-11/h4-7,13H,8-10H2,1-3H3,(H,20,24)(H,21,25)/t13-/m0/s1. The summed E-state index contributed by atoms with van der Waals surface area (Å²) >= 11 is 0. The second-order valence-corrected chi connectivity index (χ2v) is 6.66. The van der Waals surface area contributed by atoms with Crippen molar-refractivity contribution in [3.05, 3.63) is 56.2 Å². The fraction of sp³-hybridized carbons (Fsp3) is 0.368. The molecule has 1 aromatic heterocycles. The highest BCUT2D eigenvalue weighted by Crippen LogP contribution is 2.30. The van der Waals surface area contributed by atoms with Crippen molar-refractivity contribution in [1.82, 2.24) is 14.5 Å². The van der Waals surface area contributed by atoms with E-state index in [2.05, 4.69) is 10.6 Å². The lowest BCUT2D eigenvalue weighted by Crippen LogP contribution is -2.39. The van der Waals surface area contributed by atoms with Crippen molar-refractivity contribution in [3.63, 3.8) is 0 Å². The summed E-state index contributed by atoms with van der Waals surface area (Å²) in [5.74, 6) is -0.790. The average Bonchev–Trinajstić information content (AvgIpc) is 3.01. The monoisotopic (exact) mass is 386 g/mol. The Morgan fingerprint density at radius 2 is 1.82 bits per heavy atom. The van der Waals surface area contributed by atoms with Crippen LogP contribution in [0.3, 0.4) is 0 Å². The number of rotatable bonds is 6. The second kappa shape index (κ2) is 7.71. The highest BCUT2D eigenvalue weighted by atomic mass is 16.5. The SMILES string of the molecule is COc1ccc(CCNC(=O)C[C@@H]2C(=O)Nc3c2c(=O)n(C)c(=O)n3C)cc1. The van der Waals surface area contributed by atoms with E-state index < -0.39 is 23.1 Å². The molecule has 3 rings (SSSR count). The van der Waals surface area contributed by atoms with Crippen LogP contribution >= 0.6 is 0 Å². The first-order valence-corrected chi connectivity index (χ1v) is 8.84. The molecule has 0 radical (unpaired) electrons. The molecule has 9 heteroatoms. The molecule has 0 fully saturated rings. The van der Waals surface area contributed by atoms with E-state index in [1.165, 1.54) is 18.7 Å². The number of amides is 2. The van der Waals surface area contributed by atoms with Gasteiger partial charge in [0.15, 0.2) is 0 Å². The van der Waals surface area contributed by atoms with Gasteiger partial charge in [-0.05, 0) is 24.1 Å². The summed E-state index contributed by atoms with van der Waals surface area (Å²) in [5.41, 5.74) is 0.0926. The first-order valence-electron chi connectivity index (χ1n) is 8.84. The molecule has 0 spiro atoms. The number of hydrogen-bond acceptors (Lipinski definition) is 5. The van der Waals surface area contributed by atoms with E-state index >= 15 is 0 Å². The Balaban J connectivity index is 1.66.